The van der Waals surface area contributed by atoms with Crippen LogP contribution in [0.5, 0.6) is 6.01 Å². The Hall–Kier alpha value is -3.97. The summed E-state index contributed by atoms with van der Waals surface area (Å²) in [6.07, 6.45) is 4.47. The molecule has 10 heteroatoms. The number of nitriles is 1. The van der Waals surface area contributed by atoms with Gasteiger partial charge in [-0.25, -0.2) is 4.79 Å². The summed E-state index contributed by atoms with van der Waals surface area (Å²) in [6, 6.07) is 10.6. The predicted octanol–water partition coefficient (Wildman–Crippen LogP) is 5.06. The SMILES string of the molecule is C=C1C[C@]2(CCc3c(nc(OC[C@@H]4CCCN4C)nc3N3CCN(C(=O)OC(C)(C)C)[C@@H](CC#N)C3)C2=O)Cc2ccccc21. The molecule has 238 valence electrons. The number of hydrogen-bond donors (Lipinski definition) is 0. The Bertz CT molecular complexity index is 1540. The van der Waals surface area contributed by atoms with Crippen LogP contribution in [0.25, 0.3) is 5.57 Å². The average Bonchev–Trinajstić information content (AvgIpc) is 3.41. The van der Waals surface area contributed by atoms with Gasteiger partial charge >= 0.3 is 12.1 Å². The van der Waals surface area contributed by atoms with Gasteiger partial charge in [-0.1, -0.05) is 30.8 Å². The summed E-state index contributed by atoms with van der Waals surface area (Å²) in [5, 5.41) is 9.66. The van der Waals surface area contributed by atoms with Crippen LogP contribution >= 0.6 is 0 Å². The van der Waals surface area contributed by atoms with Crippen molar-refractivity contribution in [2.24, 2.45) is 5.41 Å². The highest BCUT2D eigenvalue weighted by Crippen LogP contribution is 2.49. The van der Waals surface area contributed by atoms with Crippen LogP contribution in [0.15, 0.2) is 30.8 Å². The quantitative estimate of drug-likeness (QED) is 0.457. The zero-order valence-electron chi connectivity index (χ0n) is 27.0. The van der Waals surface area contributed by atoms with Crippen LogP contribution in [0, 0.1) is 16.7 Å². The molecule has 10 nitrogen and oxygen atoms in total. The van der Waals surface area contributed by atoms with Gasteiger partial charge < -0.3 is 24.2 Å². The molecule has 4 aliphatic rings. The second-order valence-corrected chi connectivity index (χ2v) is 14.1. The van der Waals surface area contributed by atoms with E-state index in [-0.39, 0.29) is 30.3 Å². The summed E-state index contributed by atoms with van der Waals surface area (Å²) in [6.45, 7) is 12.6. The zero-order chi connectivity index (χ0) is 31.9. The second kappa shape index (κ2) is 12.1. The number of ketones is 1. The summed E-state index contributed by atoms with van der Waals surface area (Å²) in [5.41, 5.74) is 3.28. The van der Waals surface area contributed by atoms with E-state index in [0.717, 1.165) is 41.6 Å². The Morgan fingerprint density at radius 2 is 1.96 bits per heavy atom. The van der Waals surface area contributed by atoms with E-state index < -0.39 is 17.1 Å². The molecule has 2 fully saturated rings. The lowest BCUT2D eigenvalue weighted by atomic mass is 9.61. The van der Waals surface area contributed by atoms with Gasteiger partial charge in [0, 0.05) is 36.7 Å². The minimum Gasteiger partial charge on any atom is -0.462 e. The number of piperazine rings is 1. The molecule has 2 aromatic rings. The predicted molar refractivity (Wildman–Crippen MR) is 171 cm³/mol. The number of carbonyl (C=O) groups excluding carboxylic acids is 2. The summed E-state index contributed by atoms with van der Waals surface area (Å²) in [7, 11) is 2.10. The molecule has 3 atom stereocenters. The summed E-state index contributed by atoms with van der Waals surface area (Å²) < 4.78 is 11.9. The molecule has 45 heavy (non-hydrogen) atoms. The average molecular weight is 613 g/mol. The highest BCUT2D eigenvalue weighted by atomic mass is 16.6. The van der Waals surface area contributed by atoms with E-state index in [0.29, 0.717) is 63.4 Å². The van der Waals surface area contributed by atoms with Crippen molar-refractivity contribution in [2.75, 3.05) is 44.7 Å². The molecule has 0 radical (unpaired) electrons. The number of fused-ring (bicyclic) bond motifs is 2. The molecule has 1 amide bonds. The van der Waals surface area contributed by atoms with Crippen LogP contribution in [0.1, 0.15) is 80.1 Å². The van der Waals surface area contributed by atoms with Crippen LogP contribution in [0.4, 0.5) is 10.6 Å². The number of aromatic nitrogens is 2. The van der Waals surface area contributed by atoms with E-state index in [2.05, 4.69) is 41.6 Å². The van der Waals surface area contributed by atoms with Gasteiger partial charge in [-0.3, -0.25) is 4.79 Å². The van der Waals surface area contributed by atoms with Crippen molar-refractivity contribution in [2.45, 2.75) is 83.4 Å². The van der Waals surface area contributed by atoms with Crippen molar-refractivity contribution in [1.29, 1.82) is 5.26 Å². The third-order valence-electron chi connectivity index (χ3n) is 9.81. The van der Waals surface area contributed by atoms with Crippen molar-refractivity contribution in [3.8, 4) is 12.1 Å². The van der Waals surface area contributed by atoms with E-state index in [9.17, 15) is 14.9 Å². The molecule has 0 N–H and O–H groups in total. The first-order chi connectivity index (χ1) is 21.5. The number of ether oxygens (including phenoxy) is 2. The van der Waals surface area contributed by atoms with Crippen LogP contribution in [-0.4, -0.2) is 89.2 Å². The third-order valence-corrected chi connectivity index (χ3v) is 9.81. The smallest absolute Gasteiger partial charge is 0.410 e. The zero-order valence-corrected chi connectivity index (χ0v) is 27.0. The minimum atomic E-state index is -0.641. The number of allylic oxidation sites excluding steroid dienone is 1. The molecule has 0 saturated carbocycles. The summed E-state index contributed by atoms with van der Waals surface area (Å²) >= 11 is 0. The van der Waals surface area contributed by atoms with E-state index in [1.54, 1.807) is 4.90 Å². The van der Waals surface area contributed by atoms with Crippen LogP contribution in [0.2, 0.25) is 0 Å². The molecule has 2 saturated heterocycles. The minimum absolute atomic E-state index is 0.0202. The monoisotopic (exact) mass is 612 g/mol. The Balaban J connectivity index is 1.34. The molecular weight excluding hydrogens is 568 g/mol. The molecule has 6 rings (SSSR count). The van der Waals surface area contributed by atoms with Gasteiger partial charge in [0.05, 0.1) is 18.5 Å². The molecule has 2 aliphatic heterocycles. The molecule has 0 bridgehead atoms. The first kappa shape index (κ1) is 31.0. The lowest BCUT2D eigenvalue weighted by Gasteiger charge is -2.44. The maximum atomic E-state index is 14.6. The van der Waals surface area contributed by atoms with E-state index in [1.165, 1.54) is 0 Å². The molecular formula is C35H44N6O4. The third kappa shape index (κ3) is 6.15. The van der Waals surface area contributed by atoms with Crippen LogP contribution < -0.4 is 9.64 Å². The number of likely N-dealkylation sites (tertiary alicyclic amines) is 1. The lowest BCUT2D eigenvalue weighted by molar-refractivity contribution is 0.0144. The van der Waals surface area contributed by atoms with Crippen molar-refractivity contribution in [3.05, 3.63) is 53.2 Å². The Morgan fingerprint density at radius 3 is 2.69 bits per heavy atom. The van der Waals surface area contributed by atoms with Gasteiger partial charge in [0.2, 0.25) is 0 Å². The maximum absolute atomic E-state index is 14.6. The van der Waals surface area contributed by atoms with Gasteiger partial charge in [-0.2, -0.15) is 15.2 Å². The number of amides is 1. The highest BCUT2D eigenvalue weighted by Gasteiger charge is 2.48. The number of benzene rings is 1. The van der Waals surface area contributed by atoms with E-state index in [1.807, 2.05) is 32.9 Å². The molecule has 0 unspecified atom stereocenters. The Morgan fingerprint density at radius 1 is 1.16 bits per heavy atom. The molecule has 1 aromatic carbocycles. The summed E-state index contributed by atoms with van der Waals surface area (Å²) in [5.74, 6) is 0.687. The molecule has 1 aromatic heterocycles. The Kier molecular flexibility index (Phi) is 8.33. The van der Waals surface area contributed by atoms with Gasteiger partial charge in [0.25, 0.3) is 0 Å². The van der Waals surface area contributed by atoms with Crippen molar-refractivity contribution >= 4 is 23.3 Å². The first-order valence-electron chi connectivity index (χ1n) is 16.1. The van der Waals surface area contributed by atoms with Gasteiger partial charge in [-0.05, 0) is 89.6 Å². The van der Waals surface area contributed by atoms with Crippen molar-refractivity contribution in [1.82, 2.24) is 19.8 Å². The second-order valence-electron chi connectivity index (χ2n) is 14.1. The number of hydrogen-bond acceptors (Lipinski definition) is 9. The summed E-state index contributed by atoms with van der Waals surface area (Å²) in [4.78, 5) is 43.4. The van der Waals surface area contributed by atoms with Gasteiger partial charge in [0.15, 0.2) is 5.78 Å². The van der Waals surface area contributed by atoms with E-state index >= 15 is 0 Å². The largest absolute Gasteiger partial charge is 0.462 e. The topological polar surface area (TPSA) is 112 Å². The van der Waals surface area contributed by atoms with Crippen molar-refractivity contribution < 1.29 is 19.1 Å². The van der Waals surface area contributed by atoms with Crippen LogP contribution in [0.3, 0.4) is 0 Å². The maximum Gasteiger partial charge on any atom is 0.410 e. The van der Waals surface area contributed by atoms with Gasteiger partial charge in [0.1, 0.15) is 23.7 Å². The molecule has 3 heterocycles. The highest BCUT2D eigenvalue weighted by molar-refractivity contribution is 6.04. The van der Waals surface area contributed by atoms with Gasteiger partial charge in [-0.15, -0.1) is 0 Å². The first-order valence-corrected chi connectivity index (χ1v) is 16.1. The Labute approximate surface area is 266 Å². The normalized spacial score (nSPS) is 25.1. The number of nitrogens with zero attached hydrogens (tertiary/aromatic N) is 6. The number of anilines is 1. The molecule has 1 spiro atoms. The lowest BCUT2D eigenvalue weighted by Crippen LogP contribution is -2.56. The number of rotatable bonds is 5. The fourth-order valence-electron chi connectivity index (χ4n) is 7.46. The number of Topliss-reactive ketones (excluding diaryl/α,β-unsaturated/α-hetero) is 1. The van der Waals surface area contributed by atoms with Crippen LogP contribution in [-0.2, 0) is 17.6 Å². The molecule has 2 aliphatic carbocycles. The fourth-order valence-corrected chi connectivity index (χ4v) is 7.46. The standard InChI is InChI=1S/C35H44N6O4/c1-23-19-35(20-24-9-6-7-11-27(23)24)14-12-28-29(30(35)42)37-32(44-22-26-10-8-16-39(26)5)38-31(28)40-17-18-41(25(21-40)13-15-36)33(43)45-34(2,3)4/h6-7,9,11,25-26H,1,8,10,12-14,16-22H2,2-5H3/t25-,26-,35+/m0/s1. The number of likely N-dealkylation sites (N-methyl/N-ethyl adjacent to an activating group) is 1. The van der Waals surface area contributed by atoms with Crippen molar-refractivity contribution in [3.63, 3.8) is 0 Å². The number of carbonyl (C=O) groups is 2. The fraction of sp³-hybridized carbons (Fsp3) is 0.571. The van der Waals surface area contributed by atoms with E-state index in [4.69, 9.17) is 19.4 Å².